The molecule has 2 aromatic carbocycles. The molecule has 0 atom stereocenters. The van der Waals surface area contributed by atoms with Gasteiger partial charge in [0.25, 0.3) is 5.91 Å². The summed E-state index contributed by atoms with van der Waals surface area (Å²) < 4.78 is 7.27. The summed E-state index contributed by atoms with van der Waals surface area (Å²) >= 11 is 0. The maximum Gasteiger partial charge on any atom is 0.252 e. The van der Waals surface area contributed by atoms with Crippen LogP contribution < -0.4 is 5.32 Å². The van der Waals surface area contributed by atoms with Crippen molar-refractivity contribution in [3.05, 3.63) is 84.1 Å². The van der Waals surface area contributed by atoms with E-state index >= 15 is 0 Å². The van der Waals surface area contributed by atoms with Crippen LogP contribution in [-0.4, -0.2) is 65.0 Å². The molecule has 5 rings (SSSR count). The van der Waals surface area contributed by atoms with Crippen molar-refractivity contribution in [1.29, 1.82) is 0 Å². The molecule has 3 heterocycles. The molecule has 0 radical (unpaired) electrons. The molecule has 0 saturated carbocycles. The normalized spacial score (nSPS) is 14.4. The van der Waals surface area contributed by atoms with Crippen LogP contribution in [0.15, 0.2) is 72.9 Å². The molecule has 1 saturated heterocycles. The number of benzene rings is 2. The summed E-state index contributed by atoms with van der Waals surface area (Å²) in [5.74, 6) is -0.0918. The molecule has 1 amide bonds. The third kappa shape index (κ3) is 5.16. The number of fused-ring (bicyclic) bond motifs is 1. The Balaban J connectivity index is 1.39. The topological polar surface area (TPSA) is 72.3 Å². The molecular formula is C27H29N5O2. The van der Waals surface area contributed by atoms with Gasteiger partial charge in [-0.25, -0.2) is 9.67 Å². The van der Waals surface area contributed by atoms with Gasteiger partial charge in [0.2, 0.25) is 0 Å². The van der Waals surface area contributed by atoms with Gasteiger partial charge >= 0.3 is 0 Å². The minimum absolute atomic E-state index is 0.0918. The van der Waals surface area contributed by atoms with Gasteiger partial charge in [0.05, 0.1) is 42.6 Å². The van der Waals surface area contributed by atoms with E-state index in [1.54, 1.807) is 6.20 Å². The van der Waals surface area contributed by atoms with Gasteiger partial charge in [0.15, 0.2) is 5.65 Å². The molecule has 0 bridgehead atoms. The first kappa shape index (κ1) is 22.3. The Morgan fingerprint density at radius 2 is 1.74 bits per heavy atom. The third-order valence-corrected chi connectivity index (χ3v) is 6.14. The molecule has 2 aromatic heterocycles. The van der Waals surface area contributed by atoms with Gasteiger partial charge in [-0.15, -0.1) is 0 Å². The van der Waals surface area contributed by atoms with Crippen LogP contribution in [0.5, 0.6) is 0 Å². The van der Waals surface area contributed by atoms with Gasteiger partial charge in [0.1, 0.15) is 0 Å². The zero-order valence-corrected chi connectivity index (χ0v) is 19.2. The predicted octanol–water partition coefficient (Wildman–Crippen LogP) is 3.60. The lowest BCUT2D eigenvalue weighted by Gasteiger charge is -2.26. The Kier molecular flexibility index (Phi) is 6.93. The van der Waals surface area contributed by atoms with Crippen molar-refractivity contribution in [3.8, 4) is 11.3 Å². The van der Waals surface area contributed by atoms with Crippen LogP contribution in [0, 0.1) is 0 Å². The van der Waals surface area contributed by atoms with Crippen molar-refractivity contribution < 1.29 is 9.53 Å². The molecule has 1 N–H and O–H groups in total. The fraction of sp³-hybridized carbons (Fsp3) is 0.296. The number of carbonyl (C=O) groups is 1. The SMILES string of the molecule is O=C(NCCCN1CCOCC1)c1cc(-c2ccccc2)nc2c1cnn2Cc1ccccc1. The Morgan fingerprint density at radius 3 is 2.50 bits per heavy atom. The largest absolute Gasteiger partial charge is 0.379 e. The second-order valence-electron chi connectivity index (χ2n) is 8.51. The number of morpholine rings is 1. The van der Waals surface area contributed by atoms with Gasteiger partial charge in [-0.3, -0.25) is 9.69 Å². The number of rotatable bonds is 8. The van der Waals surface area contributed by atoms with Crippen molar-refractivity contribution in [3.63, 3.8) is 0 Å². The molecule has 4 aromatic rings. The van der Waals surface area contributed by atoms with E-state index in [4.69, 9.17) is 9.72 Å². The van der Waals surface area contributed by atoms with Gasteiger partial charge in [-0.2, -0.15) is 5.10 Å². The second-order valence-corrected chi connectivity index (χ2v) is 8.51. The van der Waals surface area contributed by atoms with Gasteiger partial charge in [-0.05, 0) is 24.6 Å². The molecule has 7 nitrogen and oxygen atoms in total. The summed E-state index contributed by atoms with van der Waals surface area (Å²) in [7, 11) is 0. The summed E-state index contributed by atoms with van der Waals surface area (Å²) in [5, 5.41) is 8.45. The first-order valence-corrected chi connectivity index (χ1v) is 11.8. The van der Waals surface area contributed by atoms with E-state index < -0.39 is 0 Å². The van der Waals surface area contributed by atoms with E-state index in [1.807, 2.05) is 59.3 Å². The van der Waals surface area contributed by atoms with Gasteiger partial charge < -0.3 is 10.1 Å². The van der Waals surface area contributed by atoms with E-state index in [-0.39, 0.29) is 5.91 Å². The molecule has 7 heteroatoms. The first-order chi connectivity index (χ1) is 16.8. The Labute approximate surface area is 199 Å². The number of ether oxygens (including phenoxy) is 1. The maximum atomic E-state index is 13.3. The van der Waals surface area contributed by atoms with E-state index in [1.165, 1.54) is 0 Å². The van der Waals surface area contributed by atoms with Crippen molar-refractivity contribution >= 4 is 16.9 Å². The molecule has 1 fully saturated rings. The number of nitrogens with zero attached hydrogens (tertiary/aromatic N) is 4. The van der Waals surface area contributed by atoms with E-state index in [9.17, 15) is 4.79 Å². The molecule has 0 aliphatic carbocycles. The number of hydrogen-bond acceptors (Lipinski definition) is 5. The molecule has 34 heavy (non-hydrogen) atoms. The summed E-state index contributed by atoms with van der Waals surface area (Å²) in [6.45, 7) is 5.67. The van der Waals surface area contributed by atoms with E-state index in [0.717, 1.165) is 61.5 Å². The van der Waals surface area contributed by atoms with Crippen molar-refractivity contribution in [1.82, 2.24) is 25.0 Å². The zero-order chi connectivity index (χ0) is 23.2. The Bertz CT molecular complexity index is 1230. The van der Waals surface area contributed by atoms with Crippen molar-refractivity contribution in [2.24, 2.45) is 0 Å². The van der Waals surface area contributed by atoms with Crippen LogP contribution in [-0.2, 0) is 11.3 Å². The molecule has 0 unspecified atom stereocenters. The van der Waals surface area contributed by atoms with E-state index in [2.05, 4.69) is 27.4 Å². The molecule has 1 aliphatic heterocycles. The van der Waals surface area contributed by atoms with Crippen LogP contribution in [0.4, 0.5) is 0 Å². The number of amides is 1. The highest BCUT2D eigenvalue weighted by Crippen LogP contribution is 2.25. The van der Waals surface area contributed by atoms with Crippen LogP contribution in [0.2, 0.25) is 0 Å². The first-order valence-electron chi connectivity index (χ1n) is 11.8. The molecular weight excluding hydrogens is 426 g/mol. The lowest BCUT2D eigenvalue weighted by atomic mass is 10.1. The number of nitrogens with one attached hydrogen (secondary N) is 1. The maximum absolute atomic E-state index is 13.3. The van der Waals surface area contributed by atoms with Crippen LogP contribution in [0.3, 0.4) is 0 Å². The number of pyridine rings is 1. The van der Waals surface area contributed by atoms with Crippen LogP contribution in [0.1, 0.15) is 22.3 Å². The smallest absolute Gasteiger partial charge is 0.252 e. The predicted molar refractivity (Wildman–Crippen MR) is 133 cm³/mol. The monoisotopic (exact) mass is 455 g/mol. The lowest BCUT2D eigenvalue weighted by Crippen LogP contribution is -2.38. The highest BCUT2D eigenvalue weighted by Gasteiger charge is 2.18. The number of hydrogen-bond donors (Lipinski definition) is 1. The fourth-order valence-electron chi connectivity index (χ4n) is 4.29. The molecule has 0 spiro atoms. The average molecular weight is 456 g/mol. The highest BCUT2D eigenvalue weighted by atomic mass is 16.5. The van der Waals surface area contributed by atoms with Crippen LogP contribution >= 0.6 is 0 Å². The Morgan fingerprint density at radius 1 is 1.00 bits per heavy atom. The summed E-state index contributed by atoms with van der Waals surface area (Å²) in [5.41, 5.74) is 4.19. The summed E-state index contributed by atoms with van der Waals surface area (Å²) in [6, 6.07) is 22.0. The molecule has 1 aliphatic rings. The minimum Gasteiger partial charge on any atom is -0.379 e. The highest BCUT2D eigenvalue weighted by molar-refractivity contribution is 6.06. The average Bonchev–Trinajstić information content (AvgIpc) is 3.30. The fourth-order valence-corrected chi connectivity index (χ4v) is 4.29. The summed E-state index contributed by atoms with van der Waals surface area (Å²) in [6.07, 6.45) is 2.65. The third-order valence-electron chi connectivity index (χ3n) is 6.14. The van der Waals surface area contributed by atoms with Crippen LogP contribution in [0.25, 0.3) is 22.3 Å². The summed E-state index contributed by atoms with van der Waals surface area (Å²) in [4.78, 5) is 20.5. The lowest BCUT2D eigenvalue weighted by molar-refractivity contribution is 0.0374. The number of carbonyl (C=O) groups excluding carboxylic acids is 1. The minimum atomic E-state index is -0.0918. The second kappa shape index (κ2) is 10.6. The standard InChI is InChI=1S/C27H29N5O2/c33-27(28-12-7-13-31-14-16-34-17-15-31)23-18-25(22-10-5-2-6-11-22)30-26-24(23)19-29-32(26)20-21-8-3-1-4-9-21/h1-6,8-11,18-19H,7,12-17,20H2,(H,28,33). The van der Waals surface area contributed by atoms with E-state index in [0.29, 0.717) is 24.3 Å². The zero-order valence-electron chi connectivity index (χ0n) is 19.2. The van der Waals surface area contributed by atoms with Crippen molar-refractivity contribution in [2.75, 3.05) is 39.4 Å². The van der Waals surface area contributed by atoms with Gasteiger partial charge in [0, 0.05) is 25.2 Å². The van der Waals surface area contributed by atoms with Gasteiger partial charge in [-0.1, -0.05) is 60.7 Å². The number of aromatic nitrogens is 3. The molecule has 174 valence electrons. The Hall–Kier alpha value is -3.55. The van der Waals surface area contributed by atoms with Crippen molar-refractivity contribution in [2.45, 2.75) is 13.0 Å². The quantitative estimate of drug-likeness (QED) is 0.411.